The minimum Gasteiger partial charge on any atom is -0.358 e. The number of rotatable bonds is 8. The second kappa shape index (κ2) is 9.91. The van der Waals surface area contributed by atoms with Gasteiger partial charge >= 0.3 is 0 Å². The number of hydrogen-bond donors (Lipinski definition) is 1. The molecule has 0 rings (SSSR count). The fourth-order valence-electron chi connectivity index (χ4n) is 1.42. The first-order valence-electron chi connectivity index (χ1n) is 5.87. The molecule has 0 aliphatic carbocycles. The van der Waals surface area contributed by atoms with Crippen molar-refractivity contribution in [3.05, 3.63) is 24.3 Å². The molecule has 0 atom stereocenters. The highest BCUT2D eigenvalue weighted by atomic mass is 32.1. The zero-order valence-corrected chi connectivity index (χ0v) is 12.1. The van der Waals surface area contributed by atoms with Gasteiger partial charge in [-0.25, -0.2) is 0 Å². The lowest BCUT2D eigenvalue weighted by molar-refractivity contribution is 0.417. The average molecular weight is 257 g/mol. The molecule has 0 aromatic rings. The van der Waals surface area contributed by atoms with Crippen LogP contribution >= 0.6 is 24.8 Å². The molecule has 0 saturated carbocycles. The second-order valence-corrected chi connectivity index (χ2v) is 5.13. The van der Waals surface area contributed by atoms with Crippen LogP contribution in [0.5, 0.6) is 0 Å². The maximum atomic E-state index is 5.08. The number of thiol groups is 1. The Hall–Kier alpha value is -0.280. The Bertz CT molecular complexity index is 246. The molecule has 0 bridgehead atoms. The van der Waals surface area contributed by atoms with Gasteiger partial charge in [0.1, 0.15) is 4.32 Å². The van der Waals surface area contributed by atoms with Crippen LogP contribution < -0.4 is 0 Å². The summed E-state index contributed by atoms with van der Waals surface area (Å²) in [5.74, 6) is 0. The van der Waals surface area contributed by atoms with Crippen LogP contribution in [0.1, 0.15) is 39.5 Å². The van der Waals surface area contributed by atoms with E-state index in [0.29, 0.717) is 0 Å². The molecule has 16 heavy (non-hydrogen) atoms. The summed E-state index contributed by atoms with van der Waals surface area (Å²) in [7, 11) is 0. The molecular weight excluding hydrogens is 234 g/mol. The molecular formula is C13H23NS2. The second-order valence-electron chi connectivity index (χ2n) is 4.01. The fraction of sp³-hybridized carbons (Fsp3) is 0.615. The Balaban J connectivity index is 3.62. The third-order valence-electron chi connectivity index (χ3n) is 2.22. The van der Waals surface area contributed by atoms with Gasteiger partial charge in [-0.15, -0.1) is 12.6 Å². The number of allylic oxidation sites excluding steroid dienone is 3. The smallest absolute Gasteiger partial charge is 0.133 e. The van der Waals surface area contributed by atoms with Crippen molar-refractivity contribution in [1.82, 2.24) is 4.90 Å². The molecule has 0 spiro atoms. The predicted octanol–water partition coefficient (Wildman–Crippen LogP) is 4.22. The predicted molar refractivity (Wildman–Crippen MR) is 81.3 cm³/mol. The Morgan fingerprint density at radius 3 is 2.56 bits per heavy atom. The molecule has 0 aromatic carbocycles. The highest BCUT2D eigenvalue weighted by molar-refractivity contribution is 8.10. The Kier molecular flexibility index (Phi) is 9.74. The van der Waals surface area contributed by atoms with Crippen LogP contribution in [0.25, 0.3) is 0 Å². The van der Waals surface area contributed by atoms with Gasteiger partial charge in [0.25, 0.3) is 0 Å². The van der Waals surface area contributed by atoms with Gasteiger partial charge in [-0.1, -0.05) is 43.4 Å². The van der Waals surface area contributed by atoms with Crippen LogP contribution in [0.2, 0.25) is 0 Å². The van der Waals surface area contributed by atoms with Crippen molar-refractivity contribution in [2.24, 2.45) is 0 Å². The van der Waals surface area contributed by atoms with Crippen molar-refractivity contribution in [1.29, 1.82) is 0 Å². The van der Waals surface area contributed by atoms with Gasteiger partial charge in [0.2, 0.25) is 0 Å². The van der Waals surface area contributed by atoms with Crippen LogP contribution in [0.3, 0.4) is 0 Å². The molecule has 0 N–H and O–H groups in total. The van der Waals surface area contributed by atoms with Crippen LogP contribution in [0.4, 0.5) is 0 Å². The maximum absolute atomic E-state index is 5.08. The van der Waals surface area contributed by atoms with Gasteiger partial charge in [-0.3, -0.25) is 0 Å². The third-order valence-corrected chi connectivity index (χ3v) is 2.76. The van der Waals surface area contributed by atoms with E-state index in [2.05, 4.69) is 43.2 Å². The van der Waals surface area contributed by atoms with E-state index < -0.39 is 0 Å². The fourth-order valence-corrected chi connectivity index (χ4v) is 1.80. The lowest BCUT2D eigenvalue weighted by atomic mass is 10.2. The van der Waals surface area contributed by atoms with Crippen LogP contribution in [0, 0.1) is 0 Å². The van der Waals surface area contributed by atoms with E-state index >= 15 is 0 Å². The zero-order valence-electron chi connectivity index (χ0n) is 10.4. The molecule has 0 heterocycles. The summed E-state index contributed by atoms with van der Waals surface area (Å²) in [4.78, 5) is 2.17. The van der Waals surface area contributed by atoms with E-state index in [0.717, 1.165) is 35.8 Å². The van der Waals surface area contributed by atoms with Gasteiger partial charge < -0.3 is 4.90 Å². The summed E-state index contributed by atoms with van der Waals surface area (Å²) >= 11 is 9.31. The average Bonchev–Trinajstić information content (AvgIpc) is 2.20. The summed E-state index contributed by atoms with van der Waals surface area (Å²) in [6.07, 6.45) is 8.86. The Morgan fingerprint density at radius 1 is 1.38 bits per heavy atom. The summed E-state index contributed by atoms with van der Waals surface area (Å²) in [5, 5.41) is 0. The van der Waals surface area contributed by atoms with Crippen LogP contribution in [0.15, 0.2) is 24.3 Å². The highest BCUT2D eigenvalue weighted by Crippen LogP contribution is 2.04. The van der Waals surface area contributed by atoms with Crippen molar-refractivity contribution in [2.45, 2.75) is 39.5 Å². The number of unbranched alkanes of at least 4 members (excludes halogenated alkanes) is 2. The monoisotopic (exact) mass is 257 g/mol. The van der Waals surface area contributed by atoms with Crippen LogP contribution in [-0.4, -0.2) is 22.3 Å². The van der Waals surface area contributed by atoms with E-state index in [4.69, 9.17) is 12.2 Å². The maximum Gasteiger partial charge on any atom is 0.133 e. The topological polar surface area (TPSA) is 3.24 Å². The van der Waals surface area contributed by atoms with E-state index in [1.807, 2.05) is 6.92 Å². The van der Waals surface area contributed by atoms with Gasteiger partial charge in [0, 0.05) is 13.1 Å². The number of thiocarbonyl (C=S) groups is 1. The van der Waals surface area contributed by atoms with Crippen molar-refractivity contribution in [2.75, 3.05) is 13.1 Å². The lowest BCUT2D eigenvalue weighted by Gasteiger charge is -2.21. The van der Waals surface area contributed by atoms with E-state index in [1.165, 1.54) is 12.8 Å². The van der Waals surface area contributed by atoms with Crippen molar-refractivity contribution in [3.8, 4) is 0 Å². The van der Waals surface area contributed by atoms with Gasteiger partial charge in [-0.2, -0.15) is 0 Å². The van der Waals surface area contributed by atoms with Crippen LogP contribution in [-0.2, 0) is 0 Å². The van der Waals surface area contributed by atoms with Crippen molar-refractivity contribution >= 4 is 29.2 Å². The molecule has 1 nitrogen and oxygen atoms in total. The summed E-state index contributed by atoms with van der Waals surface area (Å²) in [6.45, 7) is 10.0. The first-order valence-corrected chi connectivity index (χ1v) is 6.73. The molecule has 0 aliphatic heterocycles. The number of hydrogen-bond acceptors (Lipinski definition) is 1. The van der Waals surface area contributed by atoms with E-state index in [-0.39, 0.29) is 0 Å². The normalized spacial score (nSPS) is 10.7. The summed E-state index contributed by atoms with van der Waals surface area (Å²) in [6, 6.07) is 0. The lowest BCUT2D eigenvalue weighted by Crippen LogP contribution is -2.27. The molecule has 0 fully saturated rings. The Morgan fingerprint density at radius 2 is 2.06 bits per heavy atom. The minimum atomic E-state index is 0.722. The third kappa shape index (κ3) is 8.98. The molecule has 92 valence electrons. The van der Waals surface area contributed by atoms with Gasteiger partial charge in [-0.05, 0) is 32.6 Å². The SMILES string of the molecule is C=C(C)/C=C\CCCCN(CCC)C(=S)S. The first kappa shape index (κ1) is 15.7. The summed E-state index contributed by atoms with van der Waals surface area (Å²) in [5.41, 5.74) is 1.11. The van der Waals surface area contributed by atoms with E-state index in [9.17, 15) is 0 Å². The van der Waals surface area contributed by atoms with Crippen molar-refractivity contribution in [3.63, 3.8) is 0 Å². The quantitative estimate of drug-likeness (QED) is 0.300. The van der Waals surface area contributed by atoms with Gasteiger partial charge in [0.15, 0.2) is 0 Å². The molecule has 0 saturated heterocycles. The molecule has 0 amide bonds. The van der Waals surface area contributed by atoms with Crippen molar-refractivity contribution < 1.29 is 0 Å². The molecule has 0 radical (unpaired) electrons. The Labute approximate surface area is 111 Å². The first-order chi connectivity index (χ1) is 7.57. The van der Waals surface area contributed by atoms with E-state index in [1.54, 1.807) is 0 Å². The molecule has 0 unspecified atom stereocenters. The molecule has 3 heteroatoms. The number of nitrogens with zero attached hydrogens (tertiary/aromatic N) is 1. The largest absolute Gasteiger partial charge is 0.358 e. The van der Waals surface area contributed by atoms with Gasteiger partial charge in [0.05, 0.1) is 0 Å². The summed E-state index contributed by atoms with van der Waals surface area (Å²) < 4.78 is 0.722. The highest BCUT2D eigenvalue weighted by Gasteiger charge is 2.03. The molecule has 0 aliphatic rings. The standard InChI is InChI=1S/C13H23NS2/c1-4-10-14(13(15)16)11-8-6-5-7-9-12(2)3/h7,9H,2,4-6,8,10-11H2,1,3H3,(H,15,16)/b9-7-. The molecule has 0 aromatic heterocycles. The zero-order chi connectivity index (χ0) is 12.4. The minimum absolute atomic E-state index is 0.722.